The van der Waals surface area contributed by atoms with Gasteiger partial charge in [-0.3, -0.25) is 0 Å². The van der Waals surface area contributed by atoms with E-state index in [1.807, 2.05) is 0 Å². The van der Waals surface area contributed by atoms with E-state index in [9.17, 15) is 4.89 Å². The molecule has 2 rings (SSSR count). The van der Waals surface area contributed by atoms with E-state index < -0.39 is 32.5 Å². The van der Waals surface area contributed by atoms with Crippen molar-refractivity contribution in [3.8, 4) is 0 Å². The number of aliphatic hydroxyl groups excluding tert-OH is 1. The van der Waals surface area contributed by atoms with Gasteiger partial charge in [0, 0.05) is 0 Å². The maximum absolute atomic E-state index is 11.0. The summed E-state index contributed by atoms with van der Waals surface area (Å²) in [6.45, 7) is -0.321. The first-order chi connectivity index (χ1) is 6.03. The number of phosphoric ester groups is 1. The average Bonchev–Trinajstić information content (AvgIpc) is 2.47. The molecule has 2 aliphatic rings. The summed E-state index contributed by atoms with van der Waals surface area (Å²) in [4.78, 5) is 19.9. The molecule has 0 aromatic carbocycles. The molecule has 2 heterocycles. The van der Waals surface area contributed by atoms with Crippen LogP contribution in [0.3, 0.4) is 0 Å². The van der Waals surface area contributed by atoms with Gasteiger partial charge in [-0.05, 0) is 0 Å². The smallest absolute Gasteiger partial charge is 0.377 e. The highest BCUT2D eigenvalue weighted by molar-refractivity contribution is 7.53. The van der Waals surface area contributed by atoms with Crippen molar-refractivity contribution in [2.24, 2.45) is 0 Å². The highest BCUT2D eigenvalue weighted by Gasteiger charge is 2.59. The van der Waals surface area contributed by atoms with Gasteiger partial charge in [-0.15, -0.1) is 0 Å². The van der Waals surface area contributed by atoms with Crippen LogP contribution < -0.4 is 4.89 Å². The summed E-state index contributed by atoms with van der Waals surface area (Å²) in [5.41, 5.74) is 0. The molecular weight excluding hydrogens is 198 g/mol. The van der Waals surface area contributed by atoms with Gasteiger partial charge in [0.05, 0.1) is 12.6 Å². The predicted octanol–water partition coefficient (Wildman–Crippen LogP) is -2.31. The molecule has 13 heavy (non-hydrogen) atoms. The second-order valence-corrected chi connectivity index (χ2v) is 4.29. The van der Waals surface area contributed by atoms with E-state index in [1.54, 1.807) is 0 Å². The first-order valence-corrected chi connectivity index (χ1v) is 5.24. The maximum Gasteiger partial charge on any atom is 0.377 e. The highest BCUT2D eigenvalue weighted by Crippen LogP contribution is 2.59. The Morgan fingerprint density at radius 1 is 1.38 bits per heavy atom. The molecule has 6 nitrogen and oxygen atoms in total. The fourth-order valence-electron chi connectivity index (χ4n) is 1.48. The molecule has 5 unspecified atom stereocenters. The Morgan fingerprint density at radius 2 is 2.00 bits per heavy atom. The average molecular weight is 206 g/mol. The molecule has 0 amide bonds. The van der Waals surface area contributed by atoms with Crippen LogP contribution in [0.1, 0.15) is 0 Å². The van der Waals surface area contributed by atoms with Gasteiger partial charge in [-0.1, -0.05) is 0 Å². The molecule has 0 aliphatic carbocycles. The monoisotopic (exact) mass is 206 g/mol. The van der Waals surface area contributed by atoms with Crippen molar-refractivity contribution < 1.29 is 28.7 Å². The van der Waals surface area contributed by atoms with Crippen LogP contribution in [-0.2, 0) is 13.8 Å². The first-order valence-electron chi connectivity index (χ1n) is 3.75. The quantitative estimate of drug-likeness (QED) is 0.369. The van der Waals surface area contributed by atoms with Crippen LogP contribution in [0.5, 0.6) is 0 Å². The summed E-state index contributed by atoms with van der Waals surface area (Å²) in [6, 6.07) is -0.829. The molecule has 5 atom stereocenters. The molecule has 8 heteroatoms. The first kappa shape index (κ1) is 9.80. The molecule has 0 spiro atoms. The Balaban J connectivity index is 2.12. The number of rotatable bonds is 1. The molecule has 0 saturated carbocycles. The van der Waals surface area contributed by atoms with E-state index in [0.29, 0.717) is 0 Å². The third kappa shape index (κ3) is 1.61. The van der Waals surface area contributed by atoms with E-state index in [4.69, 9.17) is 22.6 Å². The van der Waals surface area contributed by atoms with Crippen LogP contribution in [-0.4, -0.2) is 48.8 Å². The van der Waals surface area contributed by atoms with Crippen molar-refractivity contribution >= 4 is 16.0 Å². The van der Waals surface area contributed by atoms with E-state index >= 15 is 0 Å². The van der Waals surface area contributed by atoms with Crippen LogP contribution in [0.15, 0.2) is 0 Å². The van der Waals surface area contributed by atoms with Crippen molar-refractivity contribution in [1.82, 2.24) is 0 Å². The van der Waals surface area contributed by atoms with Crippen molar-refractivity contribution in [2.45, 2.75) is 24.3 Å². The van der Waals surface area contributed by atoms with E-state index in [0.717, 1.165) is 0 Å². The van der Waals surface area contributed by atoms with Gasteiger partial charge in [-0.25, -0.2) is 0 Å². The number of hydrogen-bond donors (Lipinski definition) is 2. The number of fused-ring (bicyclic) bond motifs is 1. The topological polar surface area (TPSA) is 91.2 Å². The van der Waals surface area contributed by atoms with Crippen LogP contribution in [0.25, 0.3) is 0 Å². The maximum atomic E-state index is 11.0. The lowest BCUT2D eigenvalue weighted by atomic mass is 9.93. The largest absolute Gasteiger partial charge is 0.606 e. The summed E-state index contributed by atoms with van der Waals surface area (Å²) >= 11 is 0. The van der Waals surface area contributed by atoms with Crippen LogP contribution >= 0.6 is 8.17 Å². The third-order valence-electron chi connectivity index (χ3n) is 2.04. The third-order valence-corrected chi connectivity index (χ3v) is 3.06. The summed E-state index contributed by atoms with van der Waals surface area (Å²) in [5.74, 6) is 0. The van der Waals surface area contributed by atoms with Crippen molar-refractivity contribution in [3.05, 3.63) is 0 Å². The normalized spacial score (nSPS) is 55.3. The summed E-state index contributed by atoms with van der Waals surface area (Å²) in [7, 11) is 1.46. The highest BCUT2D eigenvalue weighted by atomic mass is 31.2. The zero-order valence-electron chi connectivity index (χ0n) is 6.57. The Morgan fingerprint density at radius 3 is 2.62 bits per heavy atom. The minimum absolute atomic E-state index is 0.321. The van der Waals surface area contributed by atoms with Gasteiger partial charge >= 0.3 is 8.17 Å². The van der Waals surface area contributed by atoms with Gasteiger partial charge in [0.1, 0.15) is 14.0 Å². The second kappa shape index (κ2) is 3.13. The molecule has 0 bridgehead atoms. The van der Waals surface area contributed by atoms with Crippen LogP contribution in [0.2, 0.25) is 0 Å². The lowest BCUT2D eigenvalue weighted by molar-refractivity contribution is -0.236. The molecule has 2 N–H and O–H groups in total. The molecule has 72 valence electrons. The van der Waals surface area contributed by atoms with Gasteiger partial charge in [-0.2, -0.15) is 13.9 Å². The Hall–Kier alpha value is 0.255. The zero-order valence-corrected chi connectivity index (χ0v) is 7.46. The fourth-order valence-corrected chi connectivity index (χ4v) is 2.64. The van der Waals surface area contributed by atoms with E-state index in [2.05, 4.69) is 9.05 Å². The Bertz CT molecular complexity index is 213. The number of ether oxygens (including phenoxy) is 1. The second-order valence-electron chi connectivity index (χ2n) is 2.93. The fraction of sp³-hybridized carbons (Fsp3) is 1.00. The van der Waals surface area contributed by atoms with Gasteiger partial charge in [0.2, 0.25) is 0 Å². The van der Waals surface area contributed by atoms with Crippen molar-refractivity contribution in [1.29, 1.82) is 0 Å². The lowest BCUT2D eigenvalue weighted by Gasteiger charge is -2.17. The zero-order chi connectivity index (χ0) is 9.64. The van der Waals surface area contributed by atoms with Gasteiger partial charge in [0.25, 0.3) is 0 Å². The standard InChI is InChI=1S/C5H8BO6P/c6-5-4-3(2(1-7)10-5)11-13(8,9)12-4/h2-5,7H,1H2,(H,8,9). The SMILES string of the molecule is [B]C1OC(CO)C2O[P+]([O-])(O)OC12. The molecule has 2 aliphatic heterocycles. The number of hydrogen-bond acceptors (Lipinski definition) is 6. The van der Waals surface area contributed by atoms with Gasteiger partial charge < -0.3 is 14.7 Å². The molecule has 0 aromatic rings. The summed E-state index contributed by atoms with van der Waals surface area (Å²) in [6.07, 6.45) is -2.22. The van der Waals surface area contributed by atoms with Crippen molar-refractivity contribution in [2.75, 3.05) is 6.61 Å². The number of phosphoric acid groups is 1. The minimum atomic E-state index is -3.98. The lowest BCUT2D eigenvalue weighted by Crippen LogP contribution is -2.31. The molecular formula is C5H8BO6P. The van der Waals surface area contributed by atoms with Crippen molar-refractivity contribution in [3.63, 3.8) is 0 Å². The molecule has 2 fully saturated rings. The van der Waals surface area contributed by atoms with Crippen LogP contribution in [0.4, 0.5) is 0 Å². The van der Waals surface area contributed by atoms with Crippen LogP contribution in [0, 0.1) is 0 Å². The van der Waals surface area contributed by atoms with E-state index in [-0.39, 0.29) is 6.61 Å². The van der Waals surface area contributed by atoms with Gasteiger partial charge in [0.15, 0.2) is 12.2 Å². The molecule has 2 saturated heterocycles. The molecule has 2 radical (unpaired) electrons. The number of aliphatic hydroxyl groups is 1. The summed E-state index contributed by atoms with van der Waals surface area (Å²) in [5, 5.41) is 8.81. The summed E-state index contributed by atoms with van der Waals surface area (Å²) < 4.78 is 14.3. The Labute approximate surface area is 76.5 Å². The predicted molar refractivity (Wildman–Crippen MR) is 40.4 cm³/mol. The van der Waals surface area contributed by atoms with E-state index in [1.165, 1.54) is 0 Å². The Kier molecular flexibility index (Phi) is 2.36. The minimum Gasteiger partial charge on any atom is -0.606 e. The molecule has 0 aromatic heterocycles.